The highest BCUT2D eigenvalue weighted by molar-refractivity contribution is 7.89. The number of piperazine rings is 1. The number of carboxylic acid groups (broad SMARTS) is 1. The molecule has 1 aromatic heterocycles. The number of unbranched alkanes of at least 4 members (excludes halogenated alkanes) is 1. The van der Waals surface area contributed by atoms with Crippen LogP contribution in [0.3, 0.4) is 0 Å². The van der Waals surface area contributed by atoms with Gasteiger partial charge in [0.15, 0.2) is 0 Å². The quantitative estimate of drug-likeness (QED) is 0.727. The minimum absolute atomic E-state index is 0.182. The van der Waals surface area contributed by atoms with Crippen molar-refractivity contribution in [1.82, 2.24) is 14.2 Å². The lowest BCUT2D eigenvalue weighted by atomic mass is 10.2. The molecule has 2 heterocycles. The third-order valence-corrected chi connectivity index (χ3v) is 6.80. The van der Waals surface area contributed by atoms with E-state index in [1.807, 2.05) is 19.1 Å². The van der Waals surface area contributed by atoms with Gasteiger partial charge in [0.2, 0.25) is 10.0 Å². The zero-order chi connectivity index (χ0) is 19.4. The van der Waals surface area contributed by atoms with Crippen molar-refractivity contribution in [2.24, 2.45) is 0 Å². The lowest BCUT2D eigenvalue weighted by Crippen LogP contribution is -2.48. The van der Waals surface area contributed by atoms with E-state index in [0.29, 0.717) is 38.1 Å². The molecule has 146 valence electrons. The van der Waals surface area contributed by atoms with Crippen molar-refractivity contribution in [3.8, 4) is 0 Å². The fourth-order valence-electron chi connectivity index (χ4n) is 3.40. The topological polar surface area (TPSA) is 90.8 Å². The van der Waals surface area contributed by atoms with Crippen molar-refractivity contribution in [2.45, 2.75) is 31.1 Å². The summed E-state index contributed by atoms with van der Waals surface area (Å²) in [5, 5.41) is 9.51. The maximum absolute atomic E-state index is 13.1. The fraction of sp³-hybridized carbons (Fsp3) is 0.474. The summed E-state index contributed by atoms with van der Waals surface area (Å²) < 4.78 is 27.8. The van der Waals surface area contributed by atoms with Crippen LogP contribution < -0.4 is 0 Å². The molecular formula is C19H25N3O4S. The highest BCUT2D eigenvalue weighted by Gasteiger charge is 2.30. The van der Waals surface area contributed by atoms with Gasteiger partial charge in [0.25, 0.3) is 0 Å². The molecule has 0 aliphatic carbocycles. The number of aliphatic carboxylic acids is 1. The van der Waals surface area contributed by atoms with Crippen LogP contribution in [0.25, 0.3) is 10.9 Å². The number of carboxylic acids is 1. The van der Waals surface area contributed by atoms with Crippen LogP contribution in [0.4, 0.5) is 0 Å². The average Bonchev–Trinajstić information content (AvgIpc) is 2.64. The van der Waals surface area contributed by atoms with Gasteiger partial charge < -0.3 is 10.0 Å². The standard InChI is InChI=1S/C19H25N3O4S/c1-15-13-16-5-4-6-17(19(16)20-14-15)27(25,26)22-11-9-21(10-12-22)8-3-2-7-18(23)24/h4-6,13-14H,2-3,7-12H2,1H3,(H,23,24). The van der Waals surface area contributed by atoms with E-state index in [1.54, 1.807) is 18.3 Å². The number of sulfonamides is 1. The molecule has 3 rings (SSSR count). The number of pyridine rings is 1. The number of para-hydroxylation sites is 1. The molecule has 0 atom stereocenters. The molecule has 8 heteroatoms. The molecule has 0 amide bonds. The van der Waals surface area contributed by atoms with Crippen molar-refractivity contribution >= 4 is 26.9 Å². The molecule has 0 saturated carbocycles. The molecule has 1 aromatic carbocycles. The Kier molecular flexibility index (Phi) is 6.08. The van der Waals surface area contributed by atoms with Crippen molar-refractivity contribution in [2.75, 3.05) is 32.7 Å². The van der Waals surface area contributed by atoms with Crippen LogP contribution in [0.5, 0.6) is 0 Å². The number of aromatic nitrogens is 1. The maximum Gasteiger partial charge on any atom is 0.303 e. The summed E-state index contributed by atoms with van der Waals surface area (Å²) in [5.41, 5.74) is 1.51. The van der Waals surface area contributed by atoms with Crippen molar-refractivity contribution in [3.05, 3.63) is 36.0 Å². The largest absolute Gasteiger partial charge is 0.481 e. The van der Waals surface area contributed by atoms with Gasteiger partial charge in [-0.3, -0.25) is 9.78 Å². The Hall–Kier alpha value is -2.03. The van der Waals surface area contributed by atoms with Crippen LogP contribution in [0, 0.1) is 6.92 Å². The lowest BCUT2D eigenvalue weighted by molar-refractivity contribution is -0.137. The minimum atomic E-state index is -3.59. The fourth-order valence-corrected chi connectivity index (χ4v) is 4.98. The molecule has 0 bridgehead atoms. The average molecular weight is 391 g/mol. The van der Waals surface area contributed by atoms with Gasteiger partial charge in [-0.05, 0) is 44.0 Å². The van der Waals surface area contributed by atoms with Crippen LogP contribution in [0.2, 0.25) is 0 Å². The maximum atomic E-state index is 13.1. The van der Waals surface area contributed by atoms with Gasteiger partial charge in [-0.1, -0.05) is 12.1 Å². The molecule has 27 heavy (non-hydrogen) atoms. The predicted octanol–water partition coefficient (Wildman–Crippen LogP) is 2.10. The first-order valence-electron chi connectivity index (χ1n) is 9.17. The predicted molar refractivity (Wildman–Crippen MR) is 103 cm³/mol. The Morgan fingerprint density at radius 1 is 1.19 bits per heavy atom. The van der Waals surface area contributed by atoms with Crippen molar-refractivity contribution in [1.29, 1.82) is 0 Å². The van der Waals surface area contributed by atoms with E-state index in [-0.39, 0.29) is 11.3 Å². The van der Waals surface area contributed by atoms with E-state index >= 15 is 0 Å². The summed E-state index contributed by atoms with van der Waals surface area (Å²) in [6.07, 6.45) is 3.33. The molecule has 0 spiro atoms. The van der Waals surface area contributed by atoms with E-state index in [0.717, 1.165) is 23.9 Å². The van der Waals surface area contributed by atoms with E-state index in [9.17, 15) is 13.2 Å². The van der Waals surface area contributed by atoms with Gasteiger partial charge in [0.05, 0.1) is 5.52 Å². The Morgan fingerprint density at radius 3 is 2.63 bits per heavy atom. The molecule has 1 N–H and O–H groups in total. The number of aryl methyl sites for hydroxylation is 1. The minimum Gasteiger partial charge on any atom is -0.481 e. The summed E-state index contributed by atoms with van der Waals surface area (Å²) in [6.45, 7) is 4.92. The van der Waals surface area contributed by atoms with Gasteiger partial charge in [-0.15, -0.1) is 0 Å². The highest BCUT2D eigenvalue weighted by Crippen LogP contribution is 2.25. The Balaban J connectivity index is 1.66. The molecule has 1 aliphatic rings. The third-order valence-electron chi connectivity index (χ3n) is 4.87. The van der Waals surface area contributed by atoms with Crippen LogP contribution in [0.1, 0.15) is 24.8 Å². The first kappa shape index (κ1) is 19.7. The van der Waals surface area contributed by atoms with Gasteiger partial charge in [0.1, 0.15) is 4.90 Å². The molecule has 0 unspecified atom stereocenters. The normalized spacial score (nSPS) is 16.6. The van der Waals surface area contributed by atoms with Gasteiger partial charge in [0, 0.05) is 44.2 Å². The molecule has 1 aliphatic heterocycles. The number of rotatable bonds is 7. The zero-order valence-corrected chi connectivity index (χ0v) is 16.3. The van der Waals surface area contributed by atoms with Crippen molar-refractivity contribution in [3.63, 3.8) is 0 Å². The first-order chi connectivity index (χ1) is 12.9. The third kappa shape index (κ3) is 4.63. The molecular weight excluding hydrogens is 366 g/mol. The van der Waals surface area contributed by atoms with E-state index in [2.05, 4.69) is 9.88 Å². The zero-order valence-electron chi connectivity index (χ0n) is 15.5. The summed E-state index contributed by atoms with van der Waals surface area (Å²) in [7, 11) is -3.59. The molecule has 7 nitrogen and oxygen atoms in total. The number of carbonyl (C=O) groups is 1. The van der Waals surface area contributed by atoms with Gasteiger partial charge >= 0.3 is 5.97 Å². The van der Waals surface area contributed by atoms with Crippen LogP contribution in [0.15, 0.2) is 35.4 Å². The second-order valence-corrected chi connectivity index (χ2v) is 8.84. The second kappa shape index (κ2) is 8.33. The number of hydrogen-bond acceptors (Lipinski definition) is 5. The smallest absolute Gasteiger partial charge is 0.303 e. The first-order valence-corrected chi connectivity index (χ1v) is 10.6. The lowest BCUT2D eigenvalue weighted by Gasteiger charge is -2.34. The number of fused-ring (bicyclic) bond motifs is 1. The Morgan fingerprint density at radius 2 is 1.93 bits per heavy atom. The molecule has 2 aromatic rings. The van der Waals surface area contributed by atoms with Gasteiger partial charge in [-0.25, -0.2) is 8.42 Å². The molecule has 1 saturated heterocycles. The van der Waals surface area contributed by atoms with Crippen LogP contribution >= 0.6 is 0 Å². The number of nitrogens with zero attached hydrogens (tertiary/aromatic N) is 3. The van der Waals surface area contributed by atoms with Crippen LogP contribution in [-0.2, 0) is 14.8 Å². The van der Waals surface area contributed by atoms with Crippen molar-refractivity contribution < 1.29 is 18.3 Å². The van der Waals surface area contributed by atoms with Gasteiger partial charge in [-0.2, -0.15) is 4.31 Å². The molecule has 0 radical (unpaired) electrons. The van der Waals surface area contributed by atoms with Crippen LogP contribution in [-0.4, -0.2) is 66.4 Å². The Labute approximate surface area is 159 Å². The van der Waals surface area contributed by atoms with E-state index < -0.39 is 16.0 Å². The molecule has 1 fully saturated rings. The number of benzene rings is 1. The second-order valence-electron chi connectivity index (χ2n) is 6.94. The summed E-state index contributed by atoms with van der Waals surface area (Å²) >= 11 is 0. The highest BCUT2D eigenvalue weighted by atomic mass is 32.2. The summed E-state index contributed by atoms with van der Waals surface area (Å²) in [4.78, 5) is 17.4. The summed E-state index contributed by atoms with van der Waals surface area (Å²) in [5.74, 6) is -0.773. The SMILES string of the molecule is Cc1cnc2c(S(=O)(=O)N3CCN(CCCCC(=O)O)CC3)cccc2c1. The summed E-state index contributed by atoms with van der Waals surface area (Å²) in [6, 6.07) is 7.20. The monoisotopic (exact) mass is 391 g/mol. The Bertz CT molecular complexity index is 922. The number of hydrogen-bond donors (Lipinski definition) is 1. The van der Waals surface area contributed by atoms with E-state index in [1.165, 1.54) is 4.31 Å². The van der Waals surface area contributed by atoms with E-state index in [4.69, 9.17) is 5.11 Å².